The van der Waals surface area contributed by atoms with Crippen molar-refractivity contribution < 1.29 is 14.3 Å². The van der Waals surface area contributed by atoms with Crippen molar-refractivity contribution in [3.63, 3.8) is 0 Å². The standard InChI is InChI=1S/C19H19N3O3S/c1-3-17(23)22-19-21-15-9-6-13(10-16(15)26-19)20-18(24)11-25-14-7-4-12(2)5-8-14/h4-10H,3,11H2,1-2H3,(H,20,24)(H,21,22,23). The van der Waals surface area contributed by atoms with Crippen molar-refractivity contribution in [1.82, 2.24) is 4.98 Å². The second-order valence-corrected chi connectivity index (χ2v) is 6.78. The molecule has 0 aliphatic rings. The minimum Gasteiger partial charge on any atom is -0.484 e. The van der Waals surface area contributed by atoms with Gasteiger partial charge in [-0.15, -0.1) is 0 Å². The van der Waals surface area contributed by atoms with E-state index in [0.29, 0.717) is 23.0 Å². The summed E-state index contributed by atoms with van der Waals surface area (Å²) >= 11 is 1.37. The van der Waals surface area contributed by atoms with Crippen molar-refractivity contribution in [3.05, 3.63) is 48.0 Å². The van der Waals surface area contributed by atoms with Crippen molar-refractivity contribution in [2.24, 2.45) is 0 Å². The van der Waals surface area contributed by atoms with Crippen LogP contribution in [0, 0.1) is 6.92 Å². The van der Waals surface area contributed by atoms with Crippen molar-refractivity contribution in [1.29, 1.82) is 0 Å². The second kappa shape index (κ2) is 7.97. The first kappa shape index (κ1) is 17.9. The number of nitrogens with one attached hydrogen (secondary N) is 2. The van der Waals surface area contributed by atoms with Crippen molar-refractivity contribution >= 4 is 44.2 Å². The lowest BCUT2D eigenvalue weighted by Gasteiger charge is -2.07. The molecule has 2 aromatic carbocycles. The Balaban J connectivity index is 1.61. The largest absolute Gasteiger partial charge is 0.484 e. The van der Waals surface area contributed by atoms with Crippen molar-refractivity contribution in [2.75, 3.05) is 17.2 Å². The summed E-state index contributed by atoms with van der Waals surface area (Å²) in [6.45, 7) is 3.71. The van der Waals surface area contributed by atoms with Crippen LogP contribution in [-0.2, 0) is 9.59 Å². The Bertz CT molecular complexity index is 935. The van der Waals surface area contributed by atoms with Crippen molar-refractivity contribution in [3.8, 4) is 5.75 Å². The third-order valence-corrected chi connectivity index (χ3v) is 4.56. The fraction of sp³-hybridized carbons (Fsp3) is 0.211. The highest BCUT2D eigenvalue weighted by atomic mass is 32.1. The molecule has 0 aliphatic carbocycles. The molecule has 2 N–H and O–H groups in total. The Morgan fingerprint density at radius 2 is 1.85 bits per heavy atom. The van der Waals surface area contributed by atoms with Gasteiger partial charge in [-0.05, 0) is 37.3 Å². The highest BCUT2D eigenvalue weighted by Gasteiger charge is 2.09. The van der Waals surface area contributed by atoms with E-state index in [4.69, 9.17) is 4.74 Å². The Morgan fingerprint density at radius 1 is 1.08 bits per heavy atom. The summed E-state index contributed by atoms with van der Waals surface area (Å²) in [6.07, 6.45) is 0.401. The smallest absolute Gasteiger partial charge is 0.262 e. The zero-order chi connectivity index (χ0) is 18.5. The average molecular weight is 369 g/mol. The van der Waals surface area contributed by atoms with Gasteiger partial charge in [0.2, 0.25) is 5.91 Å². The highest BCUT2D eigenvalue weighted by Crippen LogP contribution is 2.28. The van der Waals surface area contributed by atoms with Gasteiger partial charge in [0.15, 0.2) is 11.7 Å². The average Bonchev–Trinajstić information content (AvgIpc) is 3.02. The lowest BCUT2D eigenvalue weighted by Crippen LogP contribution is -2.20. The number of anilines is 2. The number of carbonyl (C=O) groups excluding carboxylic acids is 2. The van der Waals surface area contributed by atoms with Gasteiger partial charge in [0.05, 0.1) is 10.2 Å². The normalized spacial score (nSPS) is 10.5. The number of rotatable bonds is 6. The van der Waals surface area contributed by atoms with Gasteiger partial charge in [-0.1, -0.05) is 36.0 Å². The molecule has 0 bridgehead atoms. The third-order valence-electron chi connectivity index (χ3n) is 3.63. The van der Waals surface area contributed by atoms with Gasteiger partial charge in [0, 0.05) is 12.1 Å². The molecule has 3 rings (SSSR count). The lowest BCUT2D eigenvalue weighted by molar-refractivity contribution is -0.118. The third kappa shape index (κ3) is 4.58. The molecular weight excluding hydrogens is 350 g/mol. The molecular formula is C19H19N3O3S. The van der Waals surface area contributed by atoms with Gasteiger partial charge in [-0.2, -0.15) is 0 Å². The van der Waals surface area contributed by atoms with E-state index >= 15 is 0 Å². The summed E-state index contributed by atoms with van der Waals surface area (Å²) in [5.41, 5.74) is 2.57. The first-order chi connectivity index (χ1) is 12.5. The maximum absolute atomic E-state index is 12.1. The highest BCUT2D eigenvalue weighted by molar-refractivity contribution is 7.22. The van der Waals surface area contributed by atoms with Crippen LogP contribution in [0.25, 0.3) is 10.2 Å². The van der Waals surface area contributed by atoms with Crippen LogP contribution in [0.15, 0.2) is 42.5 Å². The van der Waals surface area contributed by atoms with Gasteiger partial charge >= 0.3 is 0 Å². The van der Waals surface area contributed by atoms with E-state index in [1.165, 1.54) is 11.3 Å². The predicted octanol–water partition coefficient (Wildman–Crippen LogP) is 3.97. The number of hydrogen-bond acceptors (Lipinski definition) is 5. The number of ether oxygens (including phenoxy) is 1. The van der Waals surface area contributed by atoms with Gasteiger partial charge in [-0.25, -0.2) is 4.98 Å². The molecule has 0 atom stereocenters. The van der Waals surface area contributed by atoms with Crippen LogP contribution in [0.2, 0.25) is 0 Å². The van der Waals surface area contributed by atoms with E-state index < -0.39 is 0 Å². The number of aromatic nitrogens is 1. The summed E-state index contributed by atoms with van der Waals surface area (Å²) in [5.74, 6) is 0.333. The Labute approximate surface area is 155 Å². The molecule has 134 valence electrons. The Morgan fingerprint density at radius 3 is 2.58 bits per heavy atom. The van der Waals surface area contributed by atoms with Crippen LogP contribution in [-0.4, -0.2) is 23.4 Å². The summed E-state index contributed by atoms with van der Waals surface area (Å²) in [7, 11) is 0. The SMILES string of the molecule is CCC(=O)Nc1nc2ccc(NC(=O)COc3ccc(C)cc3)cc2s1. The predicted molar refractivity (Wildman–Crippen MR) is 104 cm³/mol. The number of carbonyl (C=O) groups is 2. The number of benzene rings is 2. The van der Waals surface area contributed by atoms with Crippen LogP contribution in [0.1, 0.15) is 18.9 Å². The van der Waals surface area contributed by atoms with Crippen LogP contribution in [0.3, 0.4) is 0 Å². The molecule has 0 fully saturated rings. The maximum atomic E-state index is 12.1. The number of amides is 2. The van der Waals surface area contributed by atoms with Crippen LogP contribution >= 0.6 is 11.3 Å². The zero-order valence-electron chi connectivity index (χ0n) is 14.5. The number of nitrogens with zero attached hydrogens (tertiary/aromatic N) is 1. The molecule has 0 spiro atoms. The molecule has 0 saturated heterocycles. The van der Waals surface area contributed by atoms with Crippen molar-refractivity contribution in [2.45, 2.75) is 20.3 Å². The number of hydrogen-bond donors (Lipinski definition) is 2. The van der Waals surface area contributed by atoms with E-state index in [1.807, 2.05) is 43.3 Å². The molecule has 26 heavy (non-hydrogen) atoms. The number of thiazole rings is 1. The number of fused-ring (bicyclic) bond motifs is 1. The van der Waals surface area contributed by atoms with Gasteiger partial charge in [0.25, 0.3) is 5.91 Å². The summed E-state index contributed by atoms with van der Waals surface area (Å²) < 4.78 is 6.36. The summed E-state index contributed by atoms with van der Waals surface area (Å²) in [4.78, 5) is 27.9. The molecule has 1 aromatic heterocycles. The molecule has 7 heteroatoms. The Hall–Kier alpha value is -2.93. The van der Waals surface area contributed by atoms with E-state index in [9.17, 15) is 9.59 Å². The topological polar surface area (TPSA) is 80.3 Å². The number of aryl methyl sites for hydroxylation is 1. The quantitative estimate of drug-likeness (QED) is 0.689. The molecule has 0 unspecified atom stereocenters. The van der Waals surface area contributed by atoms with E-state index in [-0.39, 0.29) is 18.4 Å². The fourth-order valence-corrected chi connectivity index (χ4v) is 3.17. The summed E-state index contributed by atoms with van der Waals surface area (Å²) in [6, 6.07) is 12.9. The van der Waals surface area contributed by atoms with Crippen LogP contribution < -0.4 is 15.4 Å². The van der Waals surface area contributed by atoms with E-state index in [0.717, 1.165) is 15.8 Å². The van der Waals surface area contributed by atoms with Crippen LogP contribution in [0.5, 0.6) is 5.75 Å². The van der Waals surface area contributed by atoms with Gasteiger partial charge in [-0.3, -0.25) is 9.59 Å². The zero-order valence-corrected chi connectivity index (χ0v) is 15.4. The minimum absolute atomic E-state index is 0.0679. The molecule has 2 amide bonds. The lowest BCUT2D eigenvalue weighted by atomic mass is 10.2. The monoisotopic (exact) mass is 369 g/mol. The van der Waals surface area contributed by atoms with Crippen LogP contribution in [0.4, 0.5) is 10.8 Å². The molecule has 3 aromatic rings. The van der Waals surface area contributed by atoms with Gasteiger partial charge in [0.1, 0.15) is 5.75 Å². The first-order valence-electron chi connectivity index (χ1n) is 8.23. The second-order valence-electron chi connectivity index (χ2n) is 5.75. The van der Waals surface area contributed by atoms with E-state index in [1.54, 1.807) is 13.0 Å². The van der Waals surface area contributed by atoms with Gasteiger partial charge < -0.3 is 15.4 Å². The van der Waals surface area contributed by atoms with E-state index in [2.05, 4.69) is 15.6 Å². The molecule has 6 nitrogen and oxygen atoms in total. The molecule has 0 aliphatic heterocycles. The molecule has 0 saturated carbocycles. The maximum Gasteiger partial charge on any atom is 0.262 e. The first-order valence-corrected chi connectivity index (χ1v) is 9.05. The minimum atomic E-state index is -0.242. The molecule has 1 heterocycles. The fourth-order valence-electron chi connectivity index (χ4n) is 2.24. The molecule has 0 radical (unpaired) electrons. The Kier molecular flexibility index (Phi) is 5.48. The summed E-state index contributed by atoms with van der Waals surface area (Å²) in [5, 5.41) is 6.10.